The maximum atomic E-state index is 12.8. The highest BCUT2D eigenvalue weighted by molar-refractivity contribution is 9.10. The van der Waals surface area contributed by atoms with Crippen molar-refractivity contribution in [1.29, 1.82) is 0 Å². The first-order valence-corrected chi connectivity index (χ1v) is 13.6. The molecule has 0 aromatic heterocycles. The summed E-state index contributed by atoms with van der Waals surface area (Å²) in [6, 6.07) is 33.2. The number of hydrogen-bond acceptors (Lipinski definition) is 2. The van der Waals surface area contributed by atoms with Crippen LogP contribution in [0.15, 0.2) is 137 Å². The lowest BCUT2D eigenvalue weighted by Crippen LogP contribution is -2.30. The summed E-state index contributed by atoms with van der Waals surface area (Å²) in [4.78, 5) is 2.31. The van der Waals surface area contributed by atoms with Crippen LogP contribution in [0.1, 0.15) is 29.5 Å². The summed E-state index contributed by atoms with van der Waals surface area (Å²) < 4.78 is 1.00. The van der Waals surface area contributed by atoms with Crippen molar-refractivity contribution in [2.45, 2.75) is 18.4 Å². The second-order valence-electron chi connectivity index (χ2n) is 10.1. The van der Waals surface area contributed by atoms with Gasteiger partial charge in [-0.05, 0) is 66.3 Å². The second-order valence-corrected chi connectivity index (χ2v) is 11.0. The highest BCUT2D eigenvalue weighted by atomic mass is 79.9. The molecule has 2 bridgehead atoms. The molecule has 0 spiro atoms. The van der Waals surface area contributed by atoms with Crippen LogP contribution >= 0.6 is 15.9 Å². The third kappa shape index (κ3) is 3.57. The van der Waals surface area contributed by atoms with Crippen LogP contribution in [-0.2, 0) is 5.60 Å². The molecule has 2 nitrogen and oxygen atoms in total. The molecule has 180 valence electrons. The van der Waals surface area contributed by atoms with E-state index in [0.29, 0.717) is 5.92 Å². The molecular formula is C34H26BrNO. The van der Waals surface area contributed by atoms with Crippen molar-refractivity contribution < 1.29 is 5.11 Å². The smallest absolute Gasteiger partial charge is 0.143 e. The van der Waals surface area contributed by atoms with E-state index in [1.807, 2.05) is 30.3 Å². The van der Waals surface area contributed by atoms with Crippen molar-refractivity contribution in [3.8, 4) is 11.1 Å². The summed E-state index contributed by atoms with van der Waals surface area (Å²) >= 11 is 3.64. The number of allylic oxidation sites excluding steroid dienone is 5. The molecule has 4 aliphatic carbocycles. The summed E-state index contributed by atoms with van der Waals surface area (Å²) in [5, 5.41) is 12.8. The molecule has 4 aliphatic rings. The van der Waals surface area contributed by atoms with Gasteiger partial charge in [-0.2, -0.15) is 0 Å². The Morgan fingerprint density at radius 2 is 1.46 bits per heavy atom. The molecule has 4 aromatic rings. The number of para-hydroxylation sites is 2. The summed E-state index contributed by atoms with van der Waals surface area (Å²) in [7, 11) is 0. The molecule has 0 aliphatic heterocycles. The number of rotatable bonds is 4. The number of fused-ring (bicyclic) bond motifs is 5. The lowest BCUT2D eigenvalue weighted by atomic mass is 9.78. The normalized spacial score (nSPS) is 23.4. The fourth-order valence-corrected chi connectivity index (χ4v) is 6.46. The molecule has 37 heavy (non-hydrogen) atoms. The Balaban J connectivity index is 1.49. The van der Waals surface area contributed by atoms with Crippen molar-refractivity contribution in [2.24, 2.45) is 5.92 Å². The lowest BCUT2D eigenvalue weighted by molar-refractivity contribution is 0.131. The molecule has 1 atom stereocenters. The average Bonchev–Trinajstić information content (AvgIpc) is 3.14. The summed E-state index contributed by atoms with van der Waals surface area (Å²) in [6.45, 7) is 0. The highest BCUT2D eigenvalue weighted by Gasteiger charge is 2.45. The van der Waals surface area contributed by atoms with E-state index in [0.717, 1.165) is 62.2 Å². The fourth-order valence-electron chi connectivity index (χ4n) is 6.10. The van der Waals surface area contributed by atoms with Crippen molar-refractivity contribution in [3.05, 3.63) is 154 Å². The minimum absolute atomic E-state index is 0.540. The summed E-state index contributed by atoms with van der Waals surface area (Å²) in [5.74, 6) is 0.540. The van der Waals surface area contributed by atoms with Crippen LogP contribution in [0.4, 0.5) is 11.4 Å². The van der Waals surface area contributed by atoms with Crippen molar-refractivity contribution in [1.82, 2.24) is 0 Å². The minimum Gasteiger partial charge on any atom is -0.376 e. The molecule has 8 rings (SSSR count). The van der Waals surface area contributed by atoms with Gasteiger partial charge in [0.1, 0.15) is 5.60 Å². The highest BCUT2D eigenvalue weighted by Crippen LogP contribution is 2.54. The Morgan fingerprint density at radius 1 is 0.757 bits per heavy atom. The zero-order chi connectivity index (χ0) is 25.0. The maximum absolute atomic E-state index is 12.8. The Bertz CT molecular complexity index is 1610. The molecule has 0 amide bonds. The van der Waals surface area contributed by atoms with Gasteiger partial charge in [0.05, 0.1) is 5.69 Å². The van der Waals surface area contributed by atoms with Crippen LogP contribution in [0.25, 0.3) is 11.1 Å². The van der Waals surface area contributed by atoms with Crippen molar-refractivity contribution in [2.75, 3.05) is 4.90 Å². The Hall–Kier alpha value is -3.66. The van der Waals surface area contributed by atoms with Crippen LogP contribution in [-0.4, -0.2) is 5.11 Å². The fraction of sp³-hybridized carbons (Fsp3) is 0.118. The van der Waals surface area contributed by atoms with Gasteiger partial charge in [-0.25, -0.2) is 0 Å². The summed E-state index contributed by atoms with van der Waals surface area (Å²) in [6.07, 6.45) is 11.3. The number of nitrogens with zero attached hydrogens (tertiary/aromatic N) is 1. The predicted molar refractivity (Wildman–Crippen MR) is 155 cm³/mol. The van der Waals surface area contributed by atoms with E-state index in [4.69, 9.17) is 0 Å². The van der Waals surface area contributed by atoms with E-state index >= 15 is 0 Å². The molecular weight excluding hydrogens is 518 g/mol. The second kappa shape index (κ2) is 8.72. The van der Waals surface area contributed by atoms with Gasteiger partial charge < -0.3 is 10.0 Å². The van der Waals surface area contributed by atoms with Gasteiger partial charge in [0.15, 0.2) is 0 Å². The van der Waals surface area contributed by atoms with Crippen LogP contribution < -0.4 is 4.90 Å². The van der Waals surface area contributed by atoms with Gasteiger partial charge in [-0.3, -0.25) is 0 Å². The topological polar surface area (TPSA) is 23.5 Å². The quantitative estimate of drug-likeness (QED) is 0.278. The van der Waals surface area contributed by atoms with Crippen LogP contribution in [0.2, 0.25) is 0 Å². The number of aliphatic hydroxyl groups is 1. The van der Waals surface area contributed by atoms with Gasteiger partial charge in [0, 0.05) is 32.5 Å². The van der Waals surface area contributed by atoms with Crippen molar-refractivity contribution >= 4 is 27.3 Å². The molecule has 0 saturated heterocycles. The number of halogens is 1. The molecule has 0 heterocycles. The number of hydrogen-bond donors (Lipinski definition) is 1. The van der Waals surface area contributed by atoms with E-state index in [1.54, 1.807) is 0 Å². The van der Waals surface area contributed by atoms with Gasteiger partial charge in [0.25, 0.3) is 0 Å². The first-order chi connectivity index (χ1) is 18.1. The number of anilines is 2. The molecule has 1 N–H and O–H groups in total. The molecule has 3 heteroatoms. The van der Waals surface area contributed by atoms with E-state index in [1.165, 1.54) is 5.57 Å². The Kier molecular flexibility index (Phi) is 5.31. The first kappa shape index (κ1) is 22.5. The molecule has 4 aromatic carbocycles. The molecule has 1 unspecified atom stereocenters. The zero-order valence-electron chi connectivity index (χ0n) is 20.3. The van der Waals surface area contributed by atoms with Gasteiger partial charge in [-0.15, -0.1) is 0 Å². The maximum Gasteiger partial charge on any atom is 0.143 e. The number of benzene rings is 4. The Morgan fingerprint density at radius 3 is 2.30 bits per heavy atom. The Labute approximate surface area is 226 Å². The molecule has 1 saturated carbocycles. The largest absolute Gasteiger partial charge is 0.376 e. The van der Waals surface area contributed by atoms with Crippen LogP contribution in [0.5, 0.6) is 0 Å². The SMILES string of the molecule is OC1(c2ccccc2N(C2=C/C3CC(=C/C=C\2)C3)c2ccccc2)c2ccccc2-c2cc(Br)ccc21. The summed E-state index contributed by atoms with van der Waals surface area (Å²) in [5.41, 5.74) is 8.23. The van der Waals surface area contributed by atoms with Crippen LogP contribution in [0.3, 0.4) is 0 Å². The lowest BCUT2D eigenvalue weighted by Gasteiger charge is -2.36. The first-order valence-electron chi connectivity index (χ1n) is 12.8. The standard InChI is InChI=1S/C34H26BrNO/c35-25-17-18-31-29(22-25)28-13-4-5-14-30(28)34(31,37)32-15-6-7-16-33(32)36(26-10-2-1-3-11-26)27-12-8-9-23-19-24(20-23)21-27/h1-18,21-22,24,37H,19-20H2/b12-8-,23-9?,27-21+. The van der Waals surface area contributed by atoms with Gasteiger partial charge in [-0.1, -0.05) is 106 Å². The van der Waals surface area contributed by atoms with E-state index < -0.39 is 5.60 Å². The minimum atomic E-state index is -1.29. The van der Waals surface area contributed by atoms with Gasteiger partial charge >= 0.3 is 0 Å². The zero-order valence-corrected chi connectivity index (χ0v) is 21.9. The predicted octanol–water partition coefficient (Wildman–Crippen LogP) is 8.64. The van der Waals surface area contributed by atoms with E-state index in [2.05, 4.69) is 112 Å². The average molecular weight is 544 g/mol. The van der Waals surface area contributed by atoms with Crippen molar-refractivity contribution in [3.63, 3.8) is 0 Å². The van der Waals surface area contributed by atoms with E-state index in [9.17, 15) is 5.11 Å². The third-order valence-corrected chi connectivity index (χ3v) is 8.33. The van der Waals surface area contributed by atoms with Crippen LogP contribution in [0, 0.1) is 5.92 Å². The van der Waals surface area contributed by atoms with Gasteiger partial charge in [0.2, 0.25) is 0 Å². The molecule has 0 radical (unpaired) electrons. The van der Waals surface area contributed by atoms with E-state index in [-0.39, 0.29) is 0 Å². The molecule has 1 fully saturated rings. The monoisotopic (exact) mass is 543 g/mol. The third-order valence-electron chi connectivity index (χ3n) is 7.84.